The van der Waals surface area contributed by atoms with Crippen molar-refractivity contribution in [3.8, 4) is 0 Å². The number of carbonyl (C=O) groups excluding carboxylic acids is 1. The molecule has 1 unspecified atom stereocenters. The number of carbonyl (C=O) groups is 1. The van der Waals surface area contributed by atoms with Crippen LogP contribution in [0.4, 0.5) is 5.82 Å². The van der Waals surface area contributed by atoms with Crippen molar-refractivity contribution in [1.29, 1.82) is 0 Å². The van der Waals surface area contributed by atoms with Gasteiger partial charge >= 0.3 is 0 Å². The second kappa shape index (κ2) is 6.80. The fourth-order valence-electron chi connectivity index (χ4n) is 2.92. The number of nitrogens with one attached hydrogen (secondary N) is 1. The molecule has 1 N–H and O–H groups in total. The molecule has 7 heteroatoms. The average molecular weight is 333 g/mol. The number of nitrogens with zero attached hydrogens (tertiary/aromatic N) is 4. The van der Waals surface area contributed by atoms with Crippen LogP contribution in [-0.2, 0) is 4.79 Å². The van der Waals surface area contributed by atoms with Crippen molar-refractivity contribution in [3.05, 3.63) is 17.8 Å². The third-order valence-electron chi connectivity index (χ3n) is 4.21. The highest BCUT2D eigenvalue weighted by Crippen LogP contribution is 2.27. The summed E-state index contributed by atoms with van der Waals surface area (Å²) in [6, 6.07) is 2.17. The molecule has 1 saturated heterocycles. The van der Waals surface area contributed by atoms with Gasteiger partial charge in [0.15, 0.2) is 0 Å². The van der Waals surface area contributed by atoms with E-state index in [1.807, 2.05) is 20.8 Å². The van der Waals surface area contributed by atoms with Crippen LogP contribution >= 0.6 is 11.3 Å². The van der Waals surface area contributed by atoms with Crippen LogP contribution < -0.4 is 10.2 Å². The molecule has 0 aliphatic carbocycles. The van der Waals surface area contributed by atoms with Gasteiger partial charge in [-0.3, -0.25) is 9.69 Å². The molecule has 1 fully saturated rings. The van der Waals surface area contributed by atoms with Gasteiger partial charge < -0.3 is 10.2 Å². The third kappa shape index (κ3) is 3.45. The first-order valence-electron chi connectivity index (χ1n) is 8.04. The first-order valence-corrected chi connectivity index (χ1v) is 8.92. The van der Waals surface area contributed by atoms with Gasteiger partial charge in [-0.05, 0) is 32.2 Å². The standard InChI is InChI=1S/C16H23N5OS/c1-11(2)19-15(22)12(3)20-5-7-21(8-6-20)14-13-4-9-23-16(13)18-10-17-14/h4,9-12H,5-8H2,1-3H3,(H,19,22). The van der Waals surface area contributed by atoms with Crippen LogP contribution in [0.1, 0.15) is 20.8 Å². The SMILES string of the molecule is CC(C)NC(=O)C(C)N1CCN(c2ncnc3sccc23)CC1. The average Bonchev–Trinajstić information content (AvgIpc) is 3.02. The Kier molecular flexibility index (Phi) is 4.77. The van der Waals surface area contributed by atoms with Crippen molar-refractivity contribution in [2.45, 2.75) is 32.9 Å². The topological polar surface area (TPSA) is 61.4 Å². The highest BCUT2D eigenvalue weighted by Gasteiger charge is 2.27. The molecule has 0 aromatic carbocycles. The second-order valence-corrected chi connectivity index (χ2v) is 7.09. The smallest absolute Gasteiger partial charge is 0.237 e. The predicted molar refractivity (Wildman–Crippen MR) is 93.9 cm³/mol. The van der Waals surface area contributed by atoms with Gasteiger partial charge in [0.1, 0.15) is 17.0 Å². The van der Waals surface area contributed by atoms with E-state index in [2.05, 4.69) is 36.5 Å². The van der Waals surface area contributed by atoms with Crippen molar-refractivity contribution < 1.29 is 4.79 Å². The predicted octanol–water partition coefficient (Wildman–Crippen LogP) is 1.73. The van der Waals surface area contributed by atoms with E-state index in [1.54, 1.807) is 17.7 Å². The Bertz CT molecular complexity index is 678. The minimum Gasteiger partial charge on any atom is -0.353 e. The monoisotopic (exact) mass is 333 g/mol. The third-order valence-corrected chi connectivity index (χ3v) is 5.03. The zero-order valence-electron chi connectivity index (χ0n) is 13.8. The lowest BCUT2D eigenvalue weighted by Crippen LogP contribution is -2.54. The lowest BCUT2D eigenvalue weighted by molar-refractivity contribution is -0.126. The largest absolute Gasteiger partial charge is 0.353 e. The summed E-state index contributed by atoms with van der Waals surface area (Å²) in [5, 5.41) is 6.16. The highest BCUT2D eigenvalue weighted by molar-refractivity contribution is 7.16. The molecular formula is C16H23N5OS. The molecule has 0 radical (unpaired) electrons. The van der Waals surface area contributed by atoms with Gasteiger partial charge in [-0.1, -0.05) is 0 Å². The Morgan fingerprint density at radius 3 is 2.65 bits per heavy atom. The van der Waals surface area contributed by atoms with Gasteiger partial charge in [-0.15, -0.1) is 11.3 Å². The summed E-state index contributed by atoms with van der Waals surface area (Å²) >= 11 is 1.64. The van der Waals surface area contributed by atoms with Gasteiger partial charge in [0.2, 0.25) is 5.91 Å². The number of anilines is 1. The number of rotatable bonds is 4. The summed E-state index contributed by atoms with van der Waals surface area (Å²) in [7, 11) is 0. The van der Waals surface area contributed by atoms with E-state index >= 15 is 0 Å². The molecule has 6 nitrogen and oxygen atoms in total. The van der Waals surface area contributed by atoms with Crippen molar-refractivity contribution in [3.63, 3.8) is 0 Å². The van der Waals surface area contributed by atoms with Crippen LogP contribution in [0.3, 0.4) is 0 Å². The molecule has 1 aliphatic heterocycles. The number of aromatic nitrogens is 2. The van der Waals surface area contributed by atoms with E-state index in [1.165, 1.54) is 0 Å². The van der Waals surface area contributed by atoms with Crippen LogP contribution in [0.5, 0.6) is 0 Å². The molecular weight excluding hydrogens is 310 g/mol. The molecule has 1 atom stereocenters. The molecule has 3 rings (SSSR count). The van der Waals surface area contributed by atoms with Crippen LogP contribution in [-0.4, -0.2) is 59.0 Å². The Morgan fingerprint density at radius 1 is 1.22 bits per heavy atom. The number of amides is 1. The summed E-state index contributed by atoms with van der Waals surface area (Å²) in [5.41, 5.74) is 0. The number of fused-ring (bicyclic) bond motifs is 1. The molecule has 3 heterocycles. The second-order valence-electron chi connectivity index (χ2n) is 6.20. The lowest BCUT2D eigenvalue weighted by Gasteiger charge is -2.38. The van der Waals surface area contributed by atoms with Gasteiger partial charge in [0.05, 0.1) is 11.4 Å². The molecule has 1 aliphatic rings. The quantitative estimate of drug-likeness (QED) is 0.923. The molecule has 0 spiro atoms. The van der Waals surface area contributed by atoms with E-state index in [0.717, 1.165) is 42.2 Å². The Balaban J connectivity index is 1.64. The number of thiophene rings is 1. The van der Waals surface area contributed by atoms with Gasteiger partial charge in [-0.25, -0.2) is 9.97 Å². The molecule has 0 saturated carbocycles. The summed E-state index contributed by atoms with van der Waals surface area (Å²) < 4.78 is 0. The summed E-state index contributed by atoms with van der Waals surface area (Å²) in [4.78, 5) is 26.5. The molecule has 23 heavy (non-hydrogen) atoms. The van der Waals surface area contributed by atoms with E-state index in [4.69, 9.17) is 0 Å². The minimum atomic E-state index is -0.0916. The molecule has 2 aromatic rings. The number of hydrogen-bond donors (Lipinski definition) is 1. The maximum atomic E-state index is 12.2. The van der Waals surface area contributed by atoms with Crippen molar-refractivity contribution in [1.82, 2.24) is 20.2 Å². The van der Waals surface area contributed by atoms with Gasteiger partial charge in [0.25, 0.3) is 0 Å². The summed E-state index contributed by atoms with van der Waals surface area (Å²) in [6.07, 6.45) is 1.64. The lowest BCUT2D eigenvalue weighted by atomic mass is 10.2. The molecule has 124 valence electrons. The van der Waals surface area contributed by atoms with Crippen molar-refractivity contribution in [2.75, 3.05) is 31.1 Å². The maximum absolute atomic E-state index is 12.2. The molecule has 0 bridgehead atoms. The van der Waals surface area contributed by atoms with E-state index in [9.17, 15) is 4.79 Å². The minimum absolute atomic E-state index is 0.0916. The zero-order chi connectivity index (χ0) is 16.4. The Morgan fingerprint density at radius 2 is 1.96 bits per heavy atom. The van der Waals surface area contributed by atoms with Crippen LogP contribution in [0.2, 0.25) is 0 Å². The van der Waals surface area contributed by atoms with Gasteiger partial charge in [0, 0.05) is 32.2 Å². The number of piperazine rings is 1. The molecule has 1 amide bonds. The fraction of sp³-hybridized carbons (Fsp3) is 0.562. The normalized spacial score (nSPS) is 17.7. The van der Waals surface area contributed by atoms with E-state index < -0.39 is 0 Å². The Labute approximate surface area is 140 Å². The number of hydrogen-bond acceptors (Lipinski definition) is 6. The first-order chi connectivity index (χ1) is 11.1. The fourth-order valence-corrected chi connectivity index (χ4v) is 3.65. The summed E-state index contributed by atoms with van der Waals surface area (Å²) in [5.74, 6) is 1.12. The van der Waals surface area contributed by atoms with E-state index in [-0.39, 0.29) is 18.0 Å². The first kappa shape index (κ1) is 16.1. The van der Waals surface area contributed by atoms with Crippen molar-refractivity contribution in [2.24, 2.45) is 0 Å². The van der Waals surface area contributed by atoms with Crippen molar-refractivity contribution >= 4 is 33.3 Å². The van der Waals surface area contributed by atoms with Crippen LogP contribution in [0.15, 0.2) is 17.8 Å². The maximum Gasteiger partial charge on any atom is 0.237 e. The Hall–Kier alpha value is -1.73. The van der Waals surface area contributed by atoms with E-state index in [0.29, 0.717) is 0 Å². The summed E-state index contributed by atoms with van der Waals surface area (Å²) in [6.45, 7) is 9.44. The zero-order valence-corrected chi connectivity index (χ0v) is 14.6. The van der Waals surface area contributed by atoms with Gasteiger partial charge in [-0.2, -0.15) is 0 Å². The highest BCUT2D eigenvalue weighted by atomic mass is 32.1. The molecule has 2 aromatic heterocycles. The van der Waals surface area contributed by atoms with Crippen LogP contribution in [0, 0.1) is 0 Å². The van der Waals surface area contributed by atoms with Crippen LogP contribution in [0.25, 0.3) is 10.2 Å².